The number of rotatable bonds is 2. The maximum atomic E-state index is 4.24. The molecule has 4 rings (SSSR count). The van der Waals surface area contributed by atoms with Crippen LogP contribution in [-0.2, 0) is 6.54 Å². The molecule has 1 aromatic carbocycles. The molecule has 2 atom stereocenters. The summed E-state index contributed by atoms with van der Waals surface area (Å²) in [6, 6.07) is 9.46. The maximum absolute atomic E-state index is 4.24. The van der Waals surface area contributed by atoms with Crippen molar-refractivity contribution in [1.29, 1.82) is 0 Å². The molecule has 0 saturated carbocycles. The molecule has 4 nitrogen and oxygen atoms in total. The molecule has 0 N–H and O–H groups in total. The van der Waals surface area contributed by atoms with Gasteiger partial charge in [-0.05, 0) is 38.5 Å². The Hall–Kier alpha value is -2.36. The van der Waals surface area contributed by atoms with Gasteiger partial charge in [-0.2, -0.15) is 0 Å². The molecule has 0 amide bonds. The van der Waals surface area contributed by atoms with E-state index in [1.807, 2.05) is 6.92 Å². The van der Waals surface area contributed by atoms with Crippen molar-refractivity contribution in [1.82, 2.24) is 19.7 Å². The Balaban J connectivity index is 1.65. The van der Waals surface area contributed by atoms with Crippen LogP contribution in [0.4, 0.5) is 0 Å². The third-order valence-corrected chi connectivity index (χ3v) is 4.68. The van der Waals surface area contributed by atoms with E-state index in [1.165, 1.54) is 16.8 Å². The average Bonchev–Trinajstić information content (AvgIpc) is 3.03. The second-order valence-electron chi connectivity index (χ2n) is 6.24. The smallest absolute Gasteiger partial charge is 0.157 e. The van der Waals surface area contributed by atoms with Crippen LogP contribution < -0.4 is 0 Å². The lowest BCUT2D eigenvalue weighted by atomic mass is 10.0. The number of hydrogen-bond acceptors (Lipinski definition) is 3. The molecule has 1 aromatic heterocycles. The molecule has 112 valence electrons. The Kier molecular flexibility index (Phi) is 2.93. The topological polar surface area (TPSA) is 34.0 Å². The molecule has 2 aliphatic rings. The van der Waals surface area contributed by atoms with Crippen LogP contribution in [-0.4, -0.2) is 25.7 Å². The monoisotopic (exact) mass is 292 g/mol. The first-order valence-corrected chi connectivity index (χ1v) is 7.74. The molecule has 0 fully saturated rings. The molecule has 2 aliphatic heterocycles. The van der Waals surface area contributed by atoms with Crippen LogP contribution in [0.1, 0.15) is 35.7 Å². The number of aryl methyl sites for hydroxylation is 2. The summed E-state index contributed by atoms with van der Waals surface area (Å²) in [4.78, 5) is 2.47. The molecule has 2 aromatic rings. The summed E-state index contributed by atoms with van der Waals surface area (Å²) in [5.41, 5.74) is 3.97. The largest absolute Gasteiger partial charge is 0.362 e. The van der Waals surface area contributed by atoms with Crippen LogP contribution in [0.5, 0.6) is 0 Å². The van der Waals surface area contributed by atoms with Gasteiger partial charge >= 0.3 is 0 Å². The lowest BCUT2D eigenvalue weighted by Crippen LogP contribution is -2.35. The van der Waals surface area contributed by atoms with Gasteiger partial charge in [0, 0.05) is 12.2 Å². The first kappa shape index (κ1) is 13.3. The summed E-state index contributed by atoms with van der Waals surface area (Å²) in [7, 11) is 0. The molecule has 0 radical (unpaired) electrons. The van der Waals surface area contributed by atoms with Gasteiger partial charge in [0.2, 0.25) is 0 Å². The Bertz CT molecular complexity index is 767. The van der Waals surface area contributed by atoms with Crippen LogP contribution in [0, 0.1) is 13.8 Å². The highest BCUT2D eigenvalue weighted by molar-refractivity contribution is 5.48. The molecule has 3 heterocycles. The predicted octanol–water partition coefficient (Wildman–Crippen LogP) is 3.25. The van der Waals surface area contributed by atoms with E-state index in [1.54, 1.807) is 0 Å². The van der Waals surface area contributed by atoms with Gasteiger partial charge in [-0.25, -0.2) is 0 Å². The van der Waals surface area contributed by atoms with Crippen molar-refractivity contribution in [3.8, 4) is 0 Å². The van der Waals surface area contributed by atoms with E-state index in [2.05, 4.69) is 76.0 Å². The molecule has 4 heteroatoms. The van der Waals surface area contributed by atoms with Crippen molar-refractivity contribution in [2.24, 2.45) is 0 Å². The third kappa shape index (κ3) is 1.98. The average molecular weight is 292 g/mol. The number of fused-ring (bicyclic) bond motifs is 3. The highest BCUT2D eigenvalue weighted by Crippen LogP contribution is 2.37. The number of nitrogens with zero attached hydrogens (tertiary/aromatic N) is 4. The fourth-order valence-electron chi connectivity index (χ4n) is 3.48. The van der Waals surface area contributed by atoms with Gasteiger partial charge in [0.25, 0.3) is 0 Å². The molecule has 0 bridgehead atoms. The summed E-state index contributed by atoms with van der Waals surface area (Å²) in [6.07, 6.45) is 6.69. The van der Waals surface area contributed by atoms with Crippen molar-refractivity contribution in [2.45, 2.75) is 39.4 Å². The van der Waals surface area contributed by atoms with Crippen molar-refractivity contribution < 1.29 is 0 Å². The van der Waals surface area contributed by atoms with E-state index in [0.717, 1.165) is 18.2 Å². The standard InChI is InChI=1S/C18H20N4/c1-12-4-6-15(7-5-12)11-21-13(2)10-17-16(21)8-9-18-20-19-14(3)22(17)18/h4-10,16-17H,11H2,1-3H3. The molecule has 0 spiro atoms. The fraction of sp³-hybridized carbons (Fsp3) is 0.333. The van der Waals surface area contributed by atoms with E-state index >= 15 is 0 Å². The van der Waals surface area contributed by atoms with Crippen molar-refractivity contribution in [3.63, 3.8) is 0 Å². The second kappa shape index (κ2) is 4.83. The molecular formula is C18H20N4. The van der Waals surface area contributed by atoms with E-state index in [4.69, 9.17) is 0 Å². The van der Waals surface area contributed by atoms with Gasteiger partial charge in [-0.15, -0.1) is 10.2 Å². The summed E-state index contributed by atoms with van der Waals surface area (Å²) >= 11 is 0. The summed E-state index contributed by atoms with van der Waals surface area (Å²) in [5.74, 6) is 1.94. The summed E-state index contributed by atoms with van der Waals surface area (Å²) < 4.78 is 2.24. The van der Waals surface area contributed by atoms with E-state index in [9.17, 15) is 0 Å². The van der Waals surface area contributed by atoms with Crippen molar-refractivity contribution in [2.75, 3.05) is 0 Å². The Morgan fingerprint density at radius 3 is 2.55 bits per heavy atom. The Morgan fingerprint density at radius 2 is 1.77 bits per heavy atom. The predicted molar refractivity (Wildman–Crippen MR) is 87.1 cm³/mol. The third-order valence-electron chi connectivity index (χ3n) is 4.68. The molecule has 2 unspecified atom stereocenters. The van der Waals surface area contributed by atoms with Gasteiger partial charge in [-0.1, -0.05) is 35.9 Å². The minimum atomic E-state index is 0.306. The van der Waals surface area contributed by atoms with Crippen molar-refractivity contribution in [3.05, 3.63) is 64.9 Å². The van der Waals surface area contributed by atoms with Crippen LogP contribution in [0.25, 0.3) is 6.08 Å². The zero-order valence-electron chi connectivity index (χ0n) is 13.2. The van der Waals surface area contributed by atoms with Crippen LogP contribution in [0.3, 0.4) is 0 Å². The van der Waals surface area contributed by atoms with Gasteiger partial charge in [0.1, 0.15) is 5.82 Å². The van der Waals surface area contributed by atoms with Gasteiger partial charge in [0.15, 0.2) is 5.82 Å². The lowest BCUT2D eigenvalue weighted by Gasteiger charge is -2.32. The minimum absolute atomic E-state index is 0.306. The lowest BCUT2D eigenvalue weighted by molar-refractivity contribution is 0.269. The number of hydrogen-bond donors (Lipinski definition) is 0. The van der Waals surface area contributed by atoms with Crippen LogP contribution in [0.2, 0.25) is 0 Å². The molecular weight excluding hydrogens is 272 g/mol. The van der Waals surface area contributed by atoms with E-state index in [-0.39, 0.29) is 0 Å². The second-order valence-corrected chi connectivity index (χ2v) is 6.24. The minimum Gasteiger partial charge on any atom is -0.362 e. The maximum Gasteiger partial charge on any atom is 0.157 e. The number of benzene rings is 1. The highest BCUT2D eigenvalue weighted by atomic mass is 15.3. The Labute approximate surface area is 130 Å². The quantitative estimate of drug-likeness (QED) is 0.852. The number of aromatic nitrogens is 3. The van der Waals surface area contributed by atoms with Gasteiger partial charge < -0.3 is 9.47 Å². The summed E-state index contributed by atoms with van der Waals surface area (Å²) in [6.45, 7) is 7.28. The first-order chi connectivity index (χ1) is 10.6. The van der Waals surface area contributed by atoms with E-state index in [0.29, 0.717) is 12.1 Å². The zero-order valence-corrected chi connectivity index (χ0v) is 13.2. The van der Waals surface area contributed by atoms with Crippen LogP contribution in [0.15, 0.2) is 42.1 Å². The SMILES string of the molecule is CC1=CC2C(C=Cc3nnc(C)n32)N1Cc1ccc(C)cc1. The van der Waals surface area contributed by atoms with Gasteiger partial charge in [-0.3, -0.25) is 0 Å². The van der Waals surface area contributed by atoms with Gasteiger partial charge in [0.05, 0.1) is 12.1 Å². The number of allylic oxidation sites excluding steroid dienone is 1. The molecule has 22 heavy (non-hydrogen) atoms. The van der Waals surface area contributed by atoms with Crippen LogP contribution >= 0.6 is 0 Å². The first-order valence-electron chi connectivity index (χ1n) is 7.74. The molecule has 0 aliphatic carbocycles. The highest BCUT2D eigenvalue weighted by Gasteiger charge is 2.36. The zero-order chi connectivity index (χ0) is 15.3. The fourth-order valence-corrected chi connectivity index (χ4v) is 3.48. The Morgan fingerprint density at radius 1 is 1.00 bits per heavy atom. The summed E-state index contributed by atoms with van der Waals surface area (Å²) in [5, 5.41) is 8.46. The molecule has 0 saturated heterocycles. The normalized spacial score (nSPS) is 22.5. The van der Waals surface area contributed by atoms with Crippen molar-refractivity contribution >= 4 is 6.08 Å². The van der Waals surface area contributed by atoms with E-state index < -0.39 is 0 Å².